The van der Waals surface area contributed by atoms with Gasteiger partial charge < -0.3 is 9.47 Å². The summed E-state index contributed by atoms with van der Waals surface area (Å²) >= 11 is 3.32. The maximum Gasteiger partial charge on any atom is 0.123 e. The number of hydrogen-bond acceptors (Lipinski definition) is 3. The molecule has 1 fully saturated rings. The summed E-state index contributed by atoms with van der Waals surface area (Å²) in [7, 11) is 0. The van der Waals surface area contributed by atoms with Crippen LogP contribution in [0, 0.1) is 0 Å². The average Bonchev–Trinajstić information content (AvgIpc) is 2.19. The molecule has 2 heterocycles. The van der Waals surface area contributed by atoms with Crippen LogP contribution in [0.5, 0.6) is 0 Å². The van der Waals surface area contributed by atoms with Crippen molar-refractivity contribution in [1.29, 1.82) is 0 Å². The third kappa shape index (κ3) is 2.27. The molecule has 0 spiro atoms. The predicted molar refractivity (Wildman–Crippen MR) is 51.4 cm³/mol. The van der Waals surface area contributed by atoms with Crippen LogP contribution in [0.25, 0.3) is 0 Å². The molecule has 0 N–H and O–H groups in total. The molecule has 1 saturated heterocycles. The topological polar surface area (TPSA) is 31.4 Å². The van der Waals surface area contributed by atoms with Crippen LogP contribution in [-0.2, 0) is 9.47 Å². The summed E-state index contributed by atoms with van der Waals surface area (Å²) in [6.45, 7) is 1.94. The first-order valence-electron chi connectivity index (χ1n) is 4.18. The van der Waals surface area contributed by atoms with Crippen molar-refractivity contribution >= 4 is 15.9 Å². The molecule has 1 atom stereocenters. The fraction of sp³-hybridized carbons (Fsp3) is 0.444. The van der Waals surface area contributed by atoms with Crippen LogP contribution < -0.4 is 0 Å². The monoisotopic (exact) mass is 243 g/mol. The van der Waals surface area contributed by atoms with E-state index in [9.17, 15) is 0 Å². The maximum absolute atomic E-state index is 5.51. The van der Waals surface area contributed by atoms with Crippen LogP contribution in [0.4, 0.5) is 0 Å². The van der Waals surface area contributed by atoms with E-state index >= 15 is 0 Å². The number of pyridine rings is 1. The number of nitrogens with zero attached hydrogens (tertiary/aromatic N) is 1. The minimum atomic E-state index is -0.00810. The van der Waals surface area contributed by atoms with Crippen LogP contribution in [0.3, 0.4) is 0 Å². The summed E-state index contributed by atoms with van der Waals surface area (Å²) in [5.41, 5.74) is 0.925. The number of halogens is 1. The minimum absolute atomic E-state index is 0.00810. The third-order valence-corrected chi connectivity index (χ3v) is 2.32. The lowest BCUT2D eigenvalue weighted by Gasteiger charge is -2.22. The highest BCUT2D eigenvalue weighted by atomic mass is 79.9. The van der Waals surface area contributed by atoms with Gasteiger partial charge in [0.25, 0.3) is 0 Å². The van der Waals surface area contributed by atoms with E-state index < -0.39 is 0 Å². The highest BCUT2D eigenvalue weighted by Gasteiger charge is 2.17. The van der Waals surface area contributed by atoms with Crippen molar-refractivity contribution in [3.8, 4) is 0 Å². The number of ether oxygens (including phenoxy) is 2. The standard InChI is InChI=1S/C9H10BrNO2/c10-9-3-1-2-7(11-9)8-6-12-4-5-13-8/h1-3,8H,4-6H2. The van der Waals surface area contributed by atoms with Crippen LogP contribution in [0.15, 0.2) is 22.8 Å². The summed E-state index contributed by atoms with van der Waals surface area (Å²) in [6.07, 6.45) is -0.00810. The molecular formula is C9H10BrNO2. The van der Waals surface area contributed by atoms with Gasteiger partial charge in [-0.2, -0.15) is 0 Å². The van der Waals surface area contributed by atoms with Gasteiger partial charge in [-0.25, -0.2) is 4.98 Å². The van der Waals surface area contributed by atoms with Gasteiger partial charge >= 0.3 is 0 Å². The van der Waals surface area contributed by atoms with Crippen molar-refractivity contribution in [3.05, 3.63) is 28.5 Å². The van der Waals surface area contributed by atoms with Crippen LogP contribution in [0.2, 0.25) is 0 Å². The van der Waals surface area contributed by atoms with E-state index in [1.807, 2.05) is 18.2 Å². The third-order valence-electron chi connectivity index (χ3n) is 1.88. The fourth-order valence-corrected chi connectivity index (χ4v) is 1.62. The summed E-state index contributed by atoms with van der Waals surface area (Å²) in [5, 5.41) is 0. The van der Waals surface area contributed by atoms with Crippen LogP contribution in [0.1, 0.15) is 11.8 Å². The predicted octanol–water partition coefficient (Wildman–Crippen LogP) is 1.93. The lowest BCUT2D eigenvalue weighted by atomic mass is 10.2. The molecule has 0 radical (unpaired) electrons. The zero-order chi connectivity index (χ0) is 9.10. The second-order valence-corrected chi connectivity index (χ2v) is 3.63. The van der Waals surface area contributed by atoms with E-state index in [0.717, 1.165) is 10.3 Å². The van der Waals surface area contributed by atoms with E-state index in [-0.39, 0.29) is 6.10 Å². The molecule has 1 aromatic rings. The SMILES string of the molecule is Brc1cccc(C2COCCO2)n1. The Kier molecular flexibility index (Phi) is 2.93. The van der Waals surface area contributed by atoms with Gasteiger partial charge in [0.05, 0.1) is 25.5 Å². The van der Waals surface area contributed by atoms with Crippen LogP contribution >= 0.6 is 15.9 Å². The van der Waals surface area contributed by atoms with E-state index in [4.69, 9.17) is 9.47 Å². The van der Waals surface area contributed by atoms with Crippen molar-refractivity contribution in [3.63, 3.8) is 0 Å². The zero-order valence-electron chi connectivity index (χ0n) is 7.07. The summed E-state index contributed by atoms with van der Waals surface area (Å²) in [6, 6.07) is 5.79. The van der Waals surface area contributed by atoms with Gasteiger partial charge in [-0.3, -0.25) is 0 Å². The molecule has 2 rings (SSSR count). The van der Waals surface area contributed by atoms with Crippen LogP contribution in [-0.4, -0.2) is 24.8 Å². The smallest absolute Gasteiger partial charge is 0.123 e. The highest BCUT2D eigenvalue weighted by Crippen LogP contribution is 2.20. The second-order valence-electron chi connectivity index (χ2n) is 2.82. The molecule has 0 aliphatic carbocycles. The lowest BCUT2D eigenvalue weighted by Crippen LogP contribution is -2.22. The molecule has 4 heteroatoms. The Morgan fingerprint density at radius 3 is 3.00 bits per heavy atom. The van der Waals surface area contributed by atoms with Gasteiger partial charge in [0.2, 0.25) is 0 Å². The van der Waals surface area contributed by atoms with Crippen molar-refractivity contribution in [2.75, 3.05) is 19.8 Å². The molecule has 70 valence electrons. The molecule has 1 unspecified atom stereocenters. The van der Waals surface area contributed by atoms with E-state index in [2.05, 4.69) is 20.9 Å². The van der Waals surface area contributed by atoms with Gasteiger partial charge in [-0.15, -0.1) is 0 Å². The second kappa shape index (κ2) is 4.17. The van der Waals surface area contributed by atoms with E-state index in [0.29, 0.717) is 19.8 Å². The highest BCUT2D eigenvalue weighted by molar-refractivity contribution is 9.10. The maximum atomic E-state index is 5.51. The Morgan fingerprint density at radius 2 is 2.31 bits per heavy atom. The molecule has 0 amide bonds. The Balaban J connectivity index is 2.14. The summed E-state index contributed by atoms with van der Waals surface area (Å²) in [5.74, 6) is 0. The van der Waals surface area contributed by atoms with Gasteiger partial charge in [0.1, 0.15) is 10.7 Å². The number of rotatable bonds is 1. The summed E-state index contributed by atoms with van der Waals surface area (Å²) < 4.78 is 11.6. The Labute approximate surface area is 85.2 Å². The van der Waals surface area contributed by atoms with Crippen molar-refractivity contribution in [1.82, 2.24) is 4.98 Å². The molecule has 1 aliphatic heterocycles. The Morgan fingerprint density at radius 1 is 1.38 bits per heavy atom. The Bertz CT molecular complexity index is 287. The molecular weight excluding hydrogens is 234 g/mol. The average molecular weight is 244 g/mol. The quantitative estimate of drug-likeness (QED) is 0.707. The Hall–Kier alpha value is -0.450. The van der Waals surface area contributed by atoms with Crippen molar-refractivity contribution < 1.29 is 9.47 Å². The first-order valence-corrected chi connectivity index (χ1v) is 4.97. The van der Waals surface area contributed by atoms with E-state index in [1.54, 1.807) is 0 Å². The normalized spacial score (nSPS) is 23.0. The summed E-state index contributed by atoms with van der Waals surface area (Å²) in [4.78, 5) is 4.31. The van der Waals surface area contributed by atoms with E-state index in [1.165, 1.54) is 0 Å². The fourth-order valence-electron chi connectivity index (χ4n) is 1.26. The lowest BCUT2D eigenvalue weighted by molar-refractivity contribution is -0.0918. The number of hydrogen-bond donors (Lipinski definition) is 0. The minimum Gasteiger partial charge on any atom is -0.376 e. The first-order chi connectivity index (χ1) is 6.36. The molecule has 0 aromatic carbocycles. The van der Waals surface area contributed by atoms with Gasteiger partial charge in [0.15, 0.2) is 0 Å². The van der Waals surface area contributed by atoms with Crippen molar-refractivity contribution in [2.45, 2.75) is 6.10 Å². The molecule has 1 aromatic heterocycles. The largest absolute Gasteiger partial charge is 0.376 e. The molecule has 3 nitrogen and oxygen atoms in total. The first kappa shape index (κ1) is 9.12. The van der Waals surface area contributed by atoms with Gasteiger partial charge in [-0.1, -0.05) is 6.07 Å². The number of aromatic nitrogens is 1. The molecule has 1 aliphatic rings. The molecule has 13 heavy (non-hydrogen) atoms. The molecule has 0 bridgehead atoms. The zero-order valence-corrected chi connectivity index (χ0v) is 8.66. The molecule has 0 saturated carbocycles. The van der Waals surface area contributed by atoms with Gasteiger partial charge in [0, 0.05) is 0 Å². The van der Waals surface area contributed by atoms with Crippen molar-refractivity contribution in [2.24, 2.45) is 0 Å². The van der Waals surface area contributed by atoms with Gasteiger partial charge in [-0.05, 0) is 28.1 Å².